The lowest BCUT2D eigenvalue weighted by Gasteiger charge is -2.11. The number of rotatable bonds is 4. The molecule has 1 amide bonds. The molecule has 2 heterocycles. The molecule has 32 heavy (non-hydrogen) atoms. The number of carbonyl (C=O) groups excluding carboxylic acids is 1. The van der Waals surface area contributed by atoms with E-state index < -0.39 is 33.1 Å². The molecule has 4 aromatic rings. The third-order valence-corrected chi connectivity index (χ3v) is 5.65. The molecule has 0 bridgehead atoms. The van der Waals surface area contributed by atoms with Gasteiger partial charge in [0.25, 0.3) is 5.91 Å². The Morgan fingerprint density at radius 3 is 2.47 bits per heavy atom. The second-order valence-electron chi connectivity index (χ2n) is 7.29. The predicted molar refractivity (Wildman–Crippen MR) is 118 cm³/mol. The summed E-state index contributed by atoms with van der Waals surface area (Å²) in [6.45, 7) is 1.94. The van der Waals surface area contributed by atoms with Gasteiger partial charge in [0, 0.05) is 23.2 Å². The molecule has 0 saturated carbocycles. The topological polar surface area (TPSA) is 81.1 Å². The average Bonchev–Trinajstić information content (AvgIpc) is 3.07. The molecule has 0 atom stereocenters. The third-order valence-electron chi connectivity index (χ3n) is 4.79. The van der Waals surface area contributed by atoms with Crippen molar-refractivity contribution >= 4 is 38.6 Å². The molecular formula is C22H16ClF2N3O3S. The highest BCUT2D eigenvalue weighted by molar-refractivity contribution is 7.89. The van der Waals surface area contributed by atoms with Crippen molar-refractivity contribution in [2.45, 2.75) is 6.92 Å². The van der Waals surface area contributed by atoms with Crippen LogP contribution in [0.4, 0.5) is 8.78 Å². The zero-order valence-electron chi connectivity index (χ0n) is 16.9. The van der Waals surface area contributed by atoms with Crippen molar-refractivity contribution in [1.29, 1.82) is 0 Å². The molecule has 6 nitrogen and oxygen atoms in total. The van der Waals surface area contributed by atoms with Gasteiger partial charge in [-0.2, -0.15) is 0 Å². The molecule has 0 radical (unpaired) electrons. The molecule has 0 aliphatic carbocycles. The Bertz CT molecular complexity index is 1480. The van der Waals surface area contributed by atoms with E-state index in [4.69, 9.17) is 11.6 Å². The van der Waals surface area contributed by atoms with Crippen molar-refractivity contribution in [2.75, 3.05) is 6.26 Å². The number of fused-ring (bicyclic) bond motifs is 1. The van der Waals surface area contributed by atoms with Crippen molar-refractivity contribution in [3.8, 4) is 16.8 Å². The van der Waals surface area contributed by atoms with Crippen molar-refractivity contribution in [3.63, 3.8) is 0 Å². The number of hydrogen-bond acceptors (Lipinski definition) is 4. The molecule has 0 aliphatic rings. The number of aromatic nitrogens is 2. The Hall–Kier alpha value is -3.30. The first-order valence-electron chi connectivity index (χ1n) is 9.28. The van der Waals surface area contributed by atoms with Gasteiger partial charge in [-0.15, -0.1) is 0 Å². The Labute approximate surface area is 187 Å². The van der Waals surface area contributed by atoms with E-state index in [1.54, 1.807) is 10.9 Å². The van der Waals surface area contributed by atoms with Gasteiger partial charge in [0.05, 0.1) is 28.7 Å². The highest BCUT2D eigenvalue weighted by Crippen LogP contribution is 2.35. The van der Waals surface area contributed by atoms with Gasteiger partial charge >= 0.3 is 0 Å². The van der Waals surface area contributed by atoms with Gasteiger partial charge in [0.15, 0.2) is 0 Å². The van der Waals surface area contributed by atoms with Crippen LogP contribution in [-0.2, 0) is 10.0 Å². The molecule has 0 aliphatic heterocycles. The summed E-state index contributed by atoms with van der Waals surface area (Å²) >= 11 is 6.34. The number of nitrogens with one attached hydrogen (secondary N) is 1. The minimum atomic E-state index is -3.89. The summed E-state index contributed by atoms with van der Waals surface area (Å²) < 4.78 is 54.5. The fourth-order valence-corrected chi connectivity index (χ4v) is 4.05. The van der Waals surface area contributed by atoms with E-state index >= 15 is 0 Å². The van der Waals surface area contributed by atoms with Gasteiger partial charge < -0.3 is 0 Å². The van der Waals surface area contributed by atoms with Crippen molar-refractivity contribution in [3.05, 3.63) is 82.6 Å². The average molecular weight is 476 g/mol. The van der Waals surface area contributed by atoms with E-state index in [0.717, 1.165) is 35.7 Å². The summed E-state index contributed by atoms with van der Waals surface area (Å²) in [6, 6.07) is 10.9. The van der Waals surface area contributed by atoms with Gasteiger partial charge in [-0.05, 0) is 24.6 Å². The lowest BCUT2D eigenvalue weighted by atomic mass is 10.0. The number of amides is 1. The van der Waals surface area contributed by atoms with E-state index in [0.29, 0.717) is 16.6 Å². The van der Waals surface area contributed by atoms with Crippen LogP contribution in [0.15, 0.2) is 54.9 Å². The van der Waals surface area contributed by atoms with E-state index in [2.05, 4.69) is 4.98 Å². The van der Waals surface area contributed by atoms with E-state index in [1.165, 1.54) is 10.6 Å². The molecule has 10 heteroatoms. The summed E-state index contributed by atoms with van der Waals surface area (Å²) in [6.07, 6.45) is 3.47. The van der Waals surface area contributed by atoms with Crippen molar-refractivity contribution in [2.24, 2.45) is 0 Å². The summed E-state index contributed by atoms with van der Waals surface area (Å²) in [4.78, 5) is 16.2. The first kappa shape index (κ1) is 21.9. The maximum atomic E-state index is 14.8. The van der Waals surface area contributed by atoms with E-state index in [9.17, 15) is 22.0 Å². The van der Waals surface area contributed by atoms with Gasteiger partial charge in [0.2, 0.25) is 10.0 Å². The minimum Gasteiger partial charge on any atom is -0.299 e. The monoisotopic (exact) mass is 475 g/mol. The molecule has 0 unspecified atom stereocenters. The van der Waals surface area contributed by atoms with Crippen LogP contribution in [0.3, 0.4) is 0 Å². The number of benzene rings is 2. The highest BCUT2D eigenvalue weighted by atomic mass is 35.5. The molecule has 1 N–H and O–H groups in total. The van der Waals surface area contributed by atoms with Crippen LogP contribution in [0.5, 0.6) is 0 Å². The lowest BCUT2D eigenvalue weighted by Crippen LogP contribution is -2.30. The molecule has 0 spiro atoms. The molecular weight excluding hydrogens is 460 g/mol. The molecule has 4 rings (SSSR count). The van der Waals surface area contributed by atoms with Gasteiger partial charge in [-0.25, -0.2) is 26.9 Å². The second kappa shape index (κ2) is 7.99. The van der Waals surface area contributed by atoms with Gasteiger partial charge in [-0.3, -0.25) is 9.36 Å². The molecule has 164 valence electrons. The number of nitrogens with zero attached hydrogens (tertiary/aromatic N) is 2. The van der Waals surface area contributed by atoms with Gasteiger partial charge in [0.1, 0.15) is 17.3 Å². The number of pyridine rings is 1. The third kappa shape index (κ3) is 4.21. The van der Waals surface area contributed by atoms with Crippen molar-refractivity contribution < 1.29 is 22.0 Å². The van der Waals surface area contributed by atoms with Crippen molar-refractivity contribution in [1.82, 2.24) is 14.3 Å². The maximum Gasteiger partial charge on any atom is 0.267 e. The lowest BCUT2D eigenvalue weighted by molar-refractivity contribution is 0.0978. The van der Waals surface area contributed by atoms with Crippen LogP contribution < -0.4 is 4.72 Å². The predicted octanol–water partition coefficient (Wildman–Crippen LogP) is 4.62. The Balaban J connectivity index is 1.90. The first-order chi connectivity index (χ1) is 15.0. The Kier molecular flexibility index (Phi) is 5.47. The molecule has 0 saturated heterocycles. The fraction of sp³-hybridized carbons (Fsp3) is 0.0909. The number of carbonyl (C=O) groups is 1. The number of halogens is 3. The number of aryl methyl sites for hydroxylation is 1. The quantitative estimate of drug-likeness (QED) is 0.467. The smallest absolute Gasteiger partial charge is 0.267 e. The van der Waals surface area contributed by atoms with Crippen LogP contribution in [-0.4, -0.2) is 30.1 Å². The largest absolute Gasteiger partial charge is 0.299 e. The Morgan fingerprint density at radius 2 is 1.81 bits per heavy atom. The van der Waals surface area contributed by atoms with Crippen LogP contribution in [0.1, 0.15) is 15.9 Å². The molecule has 2 aromatic carbocycles. The van der Waals surface area contributed by atoms with Gasteiger partial charge in [-0.1, -0.05) is 41.4 Å². The second-order valence-corrected chi connectivity index (χ2v) is 9.45. The zero-order valence-corrected chi connectivity index (χ0v) is 18.4. The summed E-state index contributed by atoms with van der Waals surface area (Å²) in [5.74, 6) is -2.66. The highest BCUT2D eigenvalue weighted by Gasteiger charge is 2.21. The number of hydrogen-bond donors (Lipinski definition) is 1. The normalized spacial score (nSPS) is 11.7. The summed E-state index contributed by atoms with van der Waals surface area (Å²) in [7, 11) is -3.89. The Morgan fingerprint density at radius 1 is 1.12 bits per heavy atom. The summed E-state index contributed by atoms with van der Waals surface area (Å²) in [5, 5.41) is 0.466. The van der Waals surface area contributed by atoms with E-state index in [-0.39, 0.29) is 10.7 Å². The molecule has 0 fully saturated rings. The maximum absolute atomic E-state index is 14.8. The minimum absolute atomic E-state index is 0.0245. The fourth-order valence-electron chi connectivity index (χ4n) is 3.35. The number of sulfonamides is 1. The van der Waals surface area contributed by atoms with Crippen LogP contribution in [0, 0.1) is 18.6 Å². The van der Waals surface area contributed by atoms with Crippen LogP contribution in [0.2, 0.25) is 5.02 Å². The molecule has 2 aromatic heterocycles. The zero-order chi connectivity index (χ0) is 23.2. The summed E-state index contributed by atoms with van der Waals surface area (Å²) in [5.41, 5.74) is 2.46. The SMILES string of the molecule is Cc1ccc(-c2cn(-c3cc(F)c(C(=O)NS(C)(=O)=O)cc3Cl)c3ncc(F)cc23)cc1. The first-order valence-corrected chi connectivity index (χ1v) is 11.6. The standard InChI is InChI=1S/C22H16ClF2N3O3S/c1-12-3-5-13(6-4-12)17-11-28(21-15(17)7-14(24)10-26-21)20-9-19(25)16(8-18(20)23)22(29)27-32(2,30)31/h3-11H,1-2H3,(H,27,29). The van der Waals surface area contributed by atoms with Crippen LogP contribution in [0.25, 0.3) is 27.8 Å². The van der Waals surface area contributed by atoms with E-state index in [1.807, 2.05) is 31.2 Å². The van der Waals surface area contributed by atoms with Crippen LogP contribution >= 0.6 is 11.6 Å².